The molecule has 3 aromatic rings. The van der Waals surface area contributed by atoms with E-state index >= 15 is 0 Å². The summed E-state index contributed by atoms with van der Waals surface area (Å²) in [6.07, 6.45) is 3.54. The zero-order valence-corrected chi connectivity index (χ0v) is 14.6. The van der Waals surface area contributed by atoms with Gasteiger partial charge in [-0.1, -0.05) is 0 Å². The molecule has 138 valence electrons. The molecule has 3 heterocycles. The molecule has 0 fully saturated rings. The number of hydrogen-bond acceptors (Lipinski definition) is 5. The summed E-state index contributed by atoms with van der Waals surface area (Å²) in [7, 11) is 0. The summed E-state index contributed by atoms with van der Waals surface area (Å²) in [5, 5.41) is 8.98. The number of H-pyrrole nitrogens is 1. The number of aromatic amines is 1. The molecule has 4 rings (SSSR count). The fourth-order valence-electron chi connectivity index (χ4n) is 3.22. The lowest BCUT2D eigenvalue weighted by Gasteiger charge is -2.28. The number of carbonyl (C=O) groups is 1. The van der Waals surface area contributed by atoms with Crippen molar-refractivity contribution in [3.8, 4) is 17.5 Å². The Morgan fingerprint density at radius 3 is 2.79 bits per heavy atom. The molecule has 7 nitrogen and oxygen atoms in total. The summed E-state index contributed by atoms with van der Waals surface area (Å²) >= 11 is 0. The largest absolute Gasteiger partial charge is 0.332 e. The minimum atomic E-state index is -0.644. The summed E-state index contributed by atoms with van der Waals surface area (Å²) in [5.41, 5.74) is 1.70. The highest BCUT2D eigenvalue weighted by Crippen LogP contribution is 2.20. The van der Waals surface area contributed by atoms with Crippen LogP contribution in [-0.4, -0.2) is 32.3 Å². The van der Waals surface area contributed by atoms with Gasteiger partial charge in [-0.05, 0) is 36.8 Å². The topological polar surface area (TPSA) is 103 Å². The van der Waals surface area contributed by atoms with Crippen molar-refractivity contribution in [2.45, 2.75) is 13.0 Å². The van der Waals surface area contributed by atoms with Crippen LogP contribution in [0.5, 0.6) is 0 Å². The third-order valence-electron chi connectivity index (χ3n) is 4.59. The van der Waals surface area contributed by atoms with E-state index in [4.69, 9.17) is 5.26 Å². The van der Waals surface area contributed by atoms with Crippen molar-refractivity contribution in [1.82, 2.24) is 19.9 Å². The predicted octanol–water partition coefficient (Wildman–Crippen LogP) is 2.04. The molecule has 0 spiro atoms. The van der Waals surface area contributed by atoms with Crippen molar-refractivity contribution < 1.29 is 9.18 Å². The van der Waals surface area contributed by atoms with Gasteiger partial charge in [0.05, 0.1) is 23.9 Å². The van der Waals surface area contributed by atoms with Gasteiger partial charge in [-0.15, -0.1) is 0 Å². The Kier molecular flexibility index (Phi) is 4.41. The summed E-state index contributed by atoms with van der Waals surface area (Å²) in [4.78, 5) is 38.0. The summed E-state index contributed by atoms with van der Waals surface area (Å²) < 4.78 is 13.7. The van der Waals surface area contributed by atoms with Crippen LogP contribution in [0.15, 0.2) is 47.5 Å². The van der Waals surface area contributed by atoms with Crippen LogP contribution in [0.1, 0.15) is 27.2 Å². The number of pyridine rings is 1. The summed E-state index contributed by atoms with van der Waals surface area (Å²) in [5.74, 6) is -0.651. The molecule has 1 amide bonds. The number of hydrogen-bond donors (Lipinski definition) is 1. The maximum absolute atomic E-state index is 13.7. The van der Waals surface area contributed by atoms with Gasteiger partial charge >= 0.3 is 0 Å². The molecule has 0 bridgehead atoms. The number of fused-ring (bicyclic) bond motifs is 1. The van der Waals surface area contributed by atoms with Gasteiger partial charge in [0.1, 0.15) is 11.6 Å². The average molecular weight is 375 g/mol. The number of nitriles is 1. The quantitative estimate of drug-likeness (QED) is 0.738. The third-order valence-corrected chi connectivity index (χ3v) is 4.59. The Labute approximate surface area is 159 Å². The molecule has 1 N–H and O–H groups in total. The van der Waals surface area contributed by atoms with Gasteiger partial charge in [0, 0.05) is 35.6 Å². The molecule has 0 saturated heterocycles. The van der Waals surface area contributed by atoms with E-state index < -0.39 is 11.7 Å². The van der Waals surface area contributed by atoms with E-state index in [0.29, 0.717) is 35.6 Å². The zero-order chi connectivity index (χ0) is 19.7. The SMILES string of the molecule is N#Cc1cc(F)cc(C(=O)N2CCc3c(nc(-c4ccncc4)[nH]c3=O)C2)c1. The fourth-order valence-corrected chi connectivity index (χ4v) is 3.22. The number of halogens is 1. The molecule has 1 aliphatic rings. The molecule has 0 aliphatic carbocycles. The molecule has 8 heteroatoms. The van der Waals surface area contributed by atoms with Gasteiger partial charge in [0.25, 0.3) is 11.5 Å². The Hall–Kier alpha value is -3.86. The average Bonchev–Trinajstić information content (AvgIpc) is 2.72. The number of amides is 1. The maximum Gasteiger partial charge on any atom is 0.254 e. The van der Waals surface area contributed by atoms with Gasteiger partial charge in [0.15, 0.2) is 0 Å². The second-order valence-electron chi connectivity index (χ2n) is 6.39. The van der Waals surface area contributed by atoms with Gasteiger partial charge in [-0.25, -0.2) is 9.37 Å². The van der Waals surface area contributed by atoms with Crippen molar-refractivity contribution in [3.05, 3.63) is 81.3 Å². The number of nitrogens with one attached hydrogen (secondary N) is 1. The minimum absolute atomic E-state index is 0.0790. The normalized spacial score (nSPS) is 12.9. The molecule has 0 atom stereocenters. The van der Waals surface area contributed by atoms with E-state index in [1.165, 1.54) is 11.0 Å². The predicted molar refractivity (Wildman–Crippen MR) is 97.6 cm³/mol. The van der Waals surface area contributed by atoms with Crippen LogP contribution in [0.2, 0.25) is 0 Å². The monoisotopic (exact) mass is 375 g/mol. The van der Waals surface area contributed by atoms with E-state index in [2.05, 4.69) is 15.0 Å². The number of benzene rings is 1. The van der Waals surface area contributed by atoms with Crippen LogP contribution in [0.3, 0.4) is 0 Å². The lowest BCUT2D eigenvalue weighted by Crippen LogP contribution is -2.39. The lowest BCUT2D eigenvalue weighted by atomic mass is 10.0. The fraction of sp³-hybridized carbons (Fsp3) is 0.150. The first-order valence-electron chi connectivity index (χ1n) is 8.57. The number of aromatic nitrogens is 3. The molecular weight excluding hydrogens is 361 g/mol. The van der Waals surface area contributed by atoms with Crippen molar-refractivity contribution in [3.63, 3.8) is 0 Å². The smallest absolute Gasteiger partial charge is 0.254 e. The van der Waals surface area contributed by atoms with Gasteiger partial charge < -0.3 is 9.88 Å². The van der Waals surface area contributed by atoms with E-state index in [1.807, 2.05) is 6.07 Å². The molecule has 1 aliphatic heterocycles. The van der Waals surface area contributed by atoms with Crippen molar-refractivity contribution in [1.29, 1.82) is 5.26 Å². The third kappa shape index (κ3) is 3.25. The Morgan fingerprint density at radius 1 is 1.25 bits per heavy atom. The first-order valence-corrected chi connectivity index (χ1v) is 8.57. The number of rotatable bonds is 2. The van der Waals surface area contributed by atoms with E-state index in [0.717, 1.165) is 12.1 Å². The molecule has 2 aromatic heterocycles. The van der Waals surface area contributed by atoms with Crippen LogP contribution >= 0.6 is 0 Å². The first-order chi connectivity index (χ1) is 13.5. The Balaban J connectivity index is 1.67. The molecule has 0 radical (unpaired) electrons. The highest BCUT2D eigenvalue weighted by atomic mass is 19.1. The number of carbonyl (C=O) groups excluding carboxylic acids is 1. The van der Waals surface area contributed by atoms with Crippen LogP contribution in [-0.2, 0) is 13.0 Å². The second kappa shape index (κ2) is 7.04. The zero-order valence-electron chi connectivity index (χ0n) is 14.6. The van der Waals surface area contributed by atoms with Crippen LogP contribution in [0.4, 0.5) is 4.39 Å². The standard InChI is InChI=1S/C20H14FN5O2/c21-15-8-12(10-22)7-14(9-15)20(28)26-6-3-16-17(11-26)24-18(25-19(16)27)13-1-4-23-5-2-13/h1-2,4-5,7-9H,3,6,11H2,(H,24,25,27). The minimum Gasteiger partial charge on any atom is -0.332 e. The van der Waals surface area contributed by atoms with E-state index in [-0.39, 0.29) is 23.2 Å². The highest BCUT2D eigenvalue weighted by Gasteiger charge is 2.26. The molecular formula is C20H14FN5O2. The lowest BCUT2D eigenvalue weighted by molar-refractivity contribution is 0.0731. The molecule has 0 saturated carbocycles. The van der Waals surface area contributed by atoms with Crippen molar-refractivity contribution in [2.75, 3.05) is 6.54 Å². The Morgan fingerprint density at radius 2 is 2.04 bits per heavy atom. The van der Waals surface area contributed by atoms with Gasteiger partial charge in [-0.3, -0.25) is 14.6 Å². The van der Waals surface area contributed by atoms with E-state index in [1.54, 1.807) is 24.5 Å². The van der Waals surface area contributed by atoms with Crippen LogP contribution in [0, 0.1) is 17.1 Å². The number of nitrogens with zero attached hydrogens (tertiary/aromatic N) is 4. The highest BCUT2D eigenvalue weighted by molar-refractivity contribution is 5.94. The van der Waals surface area contributed by atoms with Gasteiger partial charge in [-0.2, -0.15) is 5.26 Å². The van der Waals surface area contributed by atoms with E-state index in [9.17, 15) is 14.0 Å². The summed E-state index contributed by atoms with van der Waals surface area (Å²) in [6.45, 7) is 0.443. The first kappa shape index (κ1) is 17.5. The second-order valence-corrected chi connectivity index (χ2v) is 6.39. The van der Waals surface area contributed by atoms with Crippen LogP contribution < -0.4 is 5.56 Å². The maximum atomic E-state index is 13.7. The molecule has 0 unspecified atom stereocenters. The Bertz CT molecular complexity index is 1170. The van der Waals surface area contributed by atoms with Gasteiger partial charge in [0.2, 0.25) is 0 Å². The molecule has 1 aromatic carbocycles. The van der Waals surface area contributed by atoms with Crippen molar-refractivity contribution >= 4 is 5.91 Å². The van der Waals surface area contributed by atoms with Crippen molar-refractivity contribution in [2.24, 2.45) is 0 Å². The molecule has 28 heavy (non-hydrogen) atoms. The van der Waals surface area contributed by atoms with Crippen LogP contribution in [0.25, 0.3) is 11.4 Å². The summed E-state index contributed by atoms with van der Waals surface area (Å²) in [6, 6.07) is 8.83.